The molecule has 0 radical (unpaired) electrons. The van der Waals surface area contributed by atoms with Gasteiger partial charge in [-0.25, -0.2) is 0 Å². The number of amides is 1. The number of nitrogens with one attached hydrogen (secondary N) is 1. The van der Waals surface area contributed by atoms with Gasteiger partial charge in [-0.1, -0.05) is 17.7 Å². The molecule has 154 valence electrons. The van der Waals surface area contributed by atoms with E-state index < -0.39 is 5.97 Å². The molecule has 0 aromatic heterocycles. The lowest BCUT2D eigenvalue weighted by Crippen LogP contribution is -2.29. The van der Waals surface area contributed by atoms with Crippen LogP contribution in [0, 0.1) is 6.92 Å². The third-order valence-electron chi connectivity index (χ3n) is 5.01. The number of rotatable bonds is 7. The van der Waals surface area contributed by atoms with Gasteiger partial charge < -0.3 is 19.7 Å². The smallest absolute Gasteiger partial charge is 0.310 e. The van der Waals surface area contributed by atoms with Crippen LogP contribution in [0.1, 0.15) is 30.4 Å². The molecule has 3 rings (SSSR count). The monoisotopic (exact) mass is 396 g/mol. The molecular weight excluding hydrogens is 368 g/mol. The lowest BCUT2D eigenvalue weighted by atomic mass is 10.1. The zero-order valence-electron chi connectivity index (χ0n) is 17.1. The molecule has 1 aliphatic heterocycles. The lowest BCUT2D eigenvalue weighted by Gasteiger charge is -2.28. The molecule has 1 amide bonds. The summed E-state index contributed by atoms with van der Waals surface area (Å²) in [5, 5.41) is 2.76. The van der Waals surface area contributed by atoms with E-state index in [4.69, 9.17) is 9.47 Å². The Kier molecular flexibility index (Phi) is 7.11. The van der Waals surface area contributed by atoms with Crippen molar-refractivity contribution in [3.63, 3.8) is 0 Å². The summed E-state index contributed by atoms with van der Waals surface area (Å²) in [5.74, 6) is -0.199. The second kappa shape index (κ2) is 9.96. The molecule has 2 aromatic rings. The summed E-state index contributed by atoms with van der Waals surface area (Å²) in [6, 6.07) is 13.4. The second-order valence-corrected chi connectivity index (χ2v) is 7.30. The van der Waals surface area contributed by atoms with E-state index in [1.807, 2.05) is 49.4 Å². The topological polar surface area (TPSA) is 67.9 Å². The van der Waals surface area contributed by atoms with Crippen molar-refractivity contribution in [1.29, 1.82) is 0 Å². The highest BCUT2D eigenvalue weighted by Crippen LogP contribution is 2.22. The number of esters is 1. The van der Waals surface area contributed by atoms with Crippen LogP contribution in [0.4, 0.5) is 11.4 Å². The quantitative estimate of drug-likeness (QED) is 0.723. The highest BCUT2D eigenvalue weighted by atomic mass is 16.5. The normalized spacial score (nSPS) is 13.7. The Morgan fingerprint density at radius 3 is 2.45 bits per heavy atom. The number of benzene rings is 2. The number of methoxy groups -OCH3 is 1. The van der Waals surface area contributed by atoms with Crippen molar-refractivity contribution in [3.8, 4) is 5.75 Å². The molecule has 0 aliphatic carbocycles. The van der Waals surface area contributed by atoms with Gasteiger partial charge in [-0.2, -0.15) is 0 Å². The second-order valence-electron chi connectivity index (χ2n) is 7.30. The van der Waals surface area contributed by atoms with Crippen molar-refractivity contribution in [2.75, 3.05) is 37.0 Å². The summed E-state index contributed by atoms with van der Waals surface area (Å²) in [5.41, 5.74) is 3.62. The molecule has 0 atom stereocenters. The number of ether oxygens (including phenoxy) is 2. The van der Waals surface area contributed by atoms with Crippen LogP contribution in [0.2, 0.25) is 0 Å². The minimum atomic E-state index is -0.468. The van der Waals surface area contributed by atoms with E-state index in [-0.39, 0.29) is 18.9 Å². The molecule has 1 fully saturated rings. The Morgan fingerprint density at radius 2 is 1.76 bits per heavy atom. The predicted molar refractivity (Wildman–Crippen MR) is 114 cm³/mol. The number of aryl methyl sites for hydroxylation is 1. The van der Waals surface area contributed by atoms with Crippen LogP contribution in [0.3, 0.4) is 0 Å². The minimum absolute atomic E-state index is 0.0582. The molecule has 1 N–H and O–H groups in total. The maximum Gasteiger partial charge on any atom is 0.310 e. The largest absolute Gasteiger partial charge is 0.496 e. The number of hydrogen-bond acceptors (Lipinski definition) is 5. The molecule has 1 saturated heterocycles. The average Bonchev–Trinajstić information content (AvgIpc) is 2.74. The first-order chi connectivity index (χ1) is 14.0. The summed E-state index contributed by atoms with van der Waals surface area (Å²) >= 11 is 0. The van der Waals surface area contributed by atoms with Gasteiger partial charge >= 0.3 is 5.97 Å². The molecule has 2 aromatic carbocycles. The van der Waals surface area contributed by atoms with Crippen LogP contribution in [0.25, 0.3) is 0 Å². The van der Waals surface area contributed by atoms with Crippen LogP contribution in [-0.4, -0.2) is 38.7 Å². The Labute approximate surface area is 171 Å². The number of carbonyl (C=O) groups is 2. The van der Waals surface area contributed by atoms with Gasteiger partial charge in [0.1, 0.15) is 5.75 Å². The Balaban J connectivity index is 1.47. The van der Waals surface area contributed by atoms with Crippen molar-refractivity contribution < 1.29 is 19.1 Å². The molecular formula is C23H28N2O4. The Morgan fingerprint density at radius 1 is 1.03 bits per heavy atom. The first-order valence-corrected chi connectivity index (χ1v) is 9.99. The number of nitrogens with zero attached hydrogens (tertiary/aromatic N) is 1. The van der Waals surface area contributed by atoms with Crippen LogP contribution in [0.15, 0.2) is 42.5 Å². The highest BCUT2D eigenvalue weighted by molar-refractivity contribution is 5.93. The zero-order valence-corrected chi connectivity index (χ0v) is 17.1. The van der Waals surface area contributed by atoms with Crippen LogP contribution in [-0.2, 0) is 20.7 Å². The highest BCUT2D eigenvalue weighted by Gasteiger charge is 2.13. The maximum absolute atomic E-state index is 12.1. The molecule has 6 heteroatoms. The van der Waals surface area contributed by atoms with Crippen molar-refractivity contribution >= 4 is 23.3 Å². The number of piperidine rings is 1. The predicted octanol–water partition coefficient (Wildman–Crippen LogP) is 3.72. The fraction of sp³-hybridized carbons (Fsp3) is 0.391. The van der Waals surface area contributed by atoms with Gasteiger partial charge in [-0.15, -0.1) is 0 Å². The molecule has 29 heavy (non-hydrogen) atoms. The fourth-order valence-corrected chi connectivity index (χ4v) is 3.50. The summed E-state index contributed by atoms with van der Waals surface area (Å²) < 4.78 is 10.4. The molecule has 6 nitrogen and oxygen atoms in total. The standard InChI is InChI=1S/C23H28N2O4/c1-17-6-11-21(28-2)18(14-17)15-23(27)29-16-22(26)24-19-7-9-20(10-8-19)25-12-4-3-5-13-25/h6-11,14H,3-5,12-13,15-16H2,1-2H3,(H,24,26). The van der Waals surface area contributed by atoms with E-state index >= 15 is 0 Å². The number of hydrogen-bond donors (Lipinski definition) is 1. The molecule has 0 saturated carbocycles. The van der Waals surface area contributed by atoms with E-state index in [1.54, 1.807) is 7.11 Å². The molecule has 1 aliphatic rings. The average molecular weight is 396 g/mol. The van der Waals surface area contributed by atoms with Crippen molar-refractivity contribution in [2.45, 2.75) is 32.6 Å². The van der Waals surface area contributed by atoms with Gasteiger partial charge in [0.2, 0.25) is 0 Å². The molecule has 1 heterocycles. The van der Waals surface area contributed by atoms with E-state index in [1.165, 1.54) is 24.9 Å². The minimum Gasteiger partial charge on any atom is -0.496 e. The first kappa shape index (κ1) is 20.7. The third kappa shape index (κ3) is 5.98. The van der Waals surface area contributed by atoms with Crippen LogP contribution < -0.4 is 15.0 Å². The molecule has 0 spiro atoms. The van der Waals surface area contributed by atoms with Gasteiger partial charge in [-0.05, 0) is 56.5 Å². The van der Waals surface area contributed by atoms with E-state index in [0.717, 1.165) is 24.2 Å². The summed E-state index contributed by atoms with van der Waals surface area (Å²) in [7, 11) is 1.56. The summed E-state index contributed by atoms with van der Waals surface area (Å²) in [4.78, 5) is 26.6. The first-order valence-electron chi connectivity index (χ1n) is 9.99. The lowest BCUT2D eigenvalue weighted by molar-refractivity contribution is -0.146. The summed E-state index contributed by atoms with van der Waals surface area (Å²) in [6.07, 6.45) is 3.79. The number of anilines is 2. The van der Waals surface area contributed by atoms with Crippen LogP contribution in [0.5, 0.6) is 5.75 Å². The zero-order chi connectivity index (χ0) is 20.6. The van der Waals surface area contributed by atoms with Gasteiger partial charge in [0.25, 0.3) is 5.91 Å². The Hall–Kier alpha value is -3.02. The summed E-state index contributed by atoms with van der Waals surface area (Å²) in [6.45, 7) is 3.78. The van der Waals surface area contributed by atoms with Crippen LogP contribution >= 0.6 is 0 Å². The molecule has 0 bridgehead atoms. The molecule has 0 unspecified atom stereocenters. The van der Waals surface area contributed by atoms with E-state index in [2.05, 4.69) is 10.2 Å². The van der Waals surface area contributed by atoms with Crippen molar-refractivity contribution in [2.24, 2.45) is 0 Å². The van der Waals surface area contributed by atoms with Gasteiger partial charge in [0, 0.05) is 30.0 Å². The maximum atomic E-state index is 12.1. The SMILES string of the molecule is COc1ccc(C)cc1CC(=O)OCC(=O)Nc1ccc(N2CCCCC2)cc1. The van der Waals surface area contributed by atoms with Gasteiger partial charge in [0.05, 0.1) is 13.5 Å². The van der Waals surface area contributed by atoms with Gasteiger partial charge in [0.15, 0.2) is 6.61 Å². The van der Waals surface area contributed by atoms with Gasteiger partial charge in [-0.3, -0.25) is 9.59 Å². The number of carbonyl (C=O) groups excluding carboxylic acids is 2. The fourth-order valence-electron chi connectivity index (χ4n) is 3.50. The third-order valence-corrected chi connectivity index (χ3v) is 5.01. The van der Waals surface area contributed by atoms with Crippen molar-refractivity contribution in [1.82, 2.24) is 0 Å². The van der Waals surface area contributed by atoms with E-state index in [9.17, 15) is 9.59 Å². The Bertz CT molecular complexity index is 842. The van der Waals surface area contributed by atoms with E-state index in [0.29, 0.717) is 11.4 Å². The van der Waals surface area contributed by atoms with Crippen molar-refractivity contribution in [3.05, 3.63) is 53.6 Å².